The fourth-order valence-corrected chi connectivity index (χ4v) is 1.73. The molecule has 0 atom stereocenters. The molecule has 0 aliphatic rings. The Labute approximate surface area is 95.9 Å². The summed E-state index contributed by atoms with van der Waals surface area (Å²) in [7, 11) is 1.94. The molecule has 1 N–H and O–H groups in total. The maximum Gasteiger partial charge on any atom is 0.0539 e. The normalized spacial score (nSPS) is 10.9. The second-order valence-corrected chi connectivity index (χ2v) is 3.99. The van der Waals surface area contributed by atoms with Crippen molar-refractivity contribution in [2.75, 3.05) is 6.54 Å². The van der Waals surface area contributed by atoms with Crippen LogP contribution in [0.3, 0.4) is 0 Å². The topological polar surface area (TPSA) is 34.8 Å². The molecule has 0 bridgehead atoms. The summed E-state index contributed by atoms with van der Waals surface area (Å²) in [5, 5.41) is 7.48. The van der Waals surface area contributed by atoms with Crippen LogP contribution in [-0.2, 0) is 20.1 Å². The zero-order valence-corrected chi connectivity index (χ0v) is 9.85. The van der Waals surface area contributed by atoms with Gasteiger partial charge in [-0.2, -0.15) is 5.10 Å². The van der Waals surface area contributed by atoms with Crippen LogP contribution in [0.15, 0.2) is 30.9 Å². The quantitative estimate of drug-likeness (QED) is 0.822. The van der Waals surface area contributed by atoms with Crippen LogP contribution in [0.2, 0.25) is 0 Å². The summed E-state index contributed by atoms with van der Waals surface area (Å²) in [6.45, 7) is 4.96. The van der Waals surface area contributed by atoms with E-state index in [1.807, 2.05) is 24.1 Å². The standard InChI is InChI=1S/C12H18N4/c1-3-13-6-11-4-5-16(9-11)10-12-7-14-15(2)8-12/h4-5,7-9,13H,3,6,10H2,1-2H3. The van der Waals surface area contributed by atoms with E-state index in [0.29, 0.717) is 0 Å². The van der Waals surface area contributed by atoms with Crippen molar-refractivity contribution >= 4 is 0 Å². The Hall–Kier alpha value is -1.55. The first kappa shape index (κ1) is 11.0. The van der Waals surface area contributed by atoms with Gasteiger partial charge in [0.25, 0.3) is 0 Å². The van der Waals surface area contributed by atoms with Crippen molar-refractivity contribution < 1.29 is 0 Å². The van der Waals surface area contributed by atoms with E-state index in [9.17, 15) is 0 Å². The highest BCUT2D eigenvalue weighted by molar-refractivity contribution is 5.13. The third-order valence-corrected chi connectivity index (χ3v) is 2.51. The van der Waals surface area contributed by atoms with Gasteiger partial charge in [-0.25, -0.2) is 0 Å². The van der Waals surface area contributed by atoms with Crippen LogP contribution in [0.4, 0.5) is 0 Å². The molecule has 0 radical (unpaired) electrons. The molecule has 4 heteroatoms. The van der Waals surface area contributed by atoms with E-state index in [1.165, 1.54) is 11.1 Å². The highest BCUT2D eigenvalue weighted by Crippen LogP contribution is 2.05. The van der Waals surface area contributed by atoms with Crippen LogP contribution >= 0.6 is 0 Å². The van der Waals surface area contributed by atoms with E-state index in [0.717, 1.165) is 19.6 Å². The SMILES string of the molecule is CCNCc1ccn(Cc2cnn(C)c2)c1. The van der Waals surface area contributed by atoms with Crippen molar-refractivity contribution in [3.05, 3.63) is 42.0 Å². The number of nitrogens with zero attached hydrogens (tertiary/aromatic N) is 3. The Morgan fingerprint density at radius 1 is 1.31 bits per heavy atom. The molecule has 0 spiro atoms. The monoisotopic (exact) mass is 218 g/mol. The second-order valence-electron chi connectivity index (χ2n) is 3.99. The van der Waals surface area contributed by atoms with Crippen molar-refractivity contribution in [3.8, 4) is 0 Å². The van der Waals surface area contributed by atoms with Gasteiger partial charge in [-0.3, -0.25) is 4.68 Å². The van der Waals surface area contributed by atoms with Crippen molar-refractivity contribution in [2.45, 2.75) is 20.0 Å². The maximum atomic E-state index is 4.16. The minimum atomic E-state index is 0.889. The van der Waals surface area contributed by atoms with Gasteiger partial charge in [-0.05, 0) is 18.2 Å². The van der Waals surface area contributed by atoms with Crippen molar-refractivity contribution in [1.82, 2.24) is 19.7 Å². The van der Waals surface area contributed by atoms with Crippen LogP contribution in [0.1, 0.15) is 18.1 Å². The zero-order valence-electron chi connectivity index (χ0n) is 9.85. The lowest BCUT2D eigenvalue weighted by Crippen LogP contribution is -2.11. The first-order valence-electron chi connectivity index (χ1n) is 5.61. The molecule has 2 heterocycles. The average Bonchev–Trinajstić information content (AvgIpc) is 2.86. The molecule has 0 unspecified atom stereocenters. The molecule has 0 saturated carbocycles. The van der Waals surface area contributed by atoms with Gasteiger partial charge in [-0.1, -0.05) is 6.92 Å². The van der Waals surface area contributed by atoms with E-state index in [-0.39, 0.29) is 0 Å². The lowest BCUT2D eigenvalue weighted by atomic mass is 10.3. The van der Waals surface area contributed by atoms with Crippen LogP contribution in [0.25, 0.3) is 0 Å². The van der Waals surface area contributed by atoms with Crippen molar-refractivity contribution in [2.24, 2.45) is 7.05 Å². The molecule has 4 nitrogen and oxygen atoms in total. The fourth-order valence-electron chi connectivity index (χ4n) is 1.73. The highest BCUT2D eigenvalue weighted by atomic mass is 15.2. The molecule has 2 aromatic heterocycles. The molecule has 16 heavy (non-hydrogen) atoms. The van der Waals surface area contributed by atoms with Gasteiger partial charge in [0.1, 0.15) is 0 Å². The van der Waals surface area contributed by atoms with Gasteiger partial charge in [0, 0.05) is 37.7 Å². The number of hydrogen-bond donors (Lipinski definition) is 1. The Kier molecular flexibility index (Phi) is 3.41. The lowest BCUT2D eigenvalue weighted by Gasteiger charge is -2.00. The summed E-state index contributed by atoms with van der Waals surface area (Å²) in [6.07, 6.45) is 8.24. The van der Waals surface area contributed by atoms with Crippen molar-refractivity contribution in [3.63, 3.8) is 0 Å². The van der Waals surface area contributed by atoms with Crippen LogP contribution in [-0.4, -0.2) is 20.9 Å². The van der Waals surface area contributed by atoms with Gasteiger partial charge in [0.15, 0.2) is 0 Å². The largest absolute Gasteiger partial charge is 0.349 e. The highest BCUT2D eigenvalue weighted by Gasteiger charge is 1.99. The molecule has 0 aliphatic heterocycles. The third kappa shape index (κ3) is 2.73. The minimum absolute atomic E-state index is 0.889. The summed E-state index contributed by atoms with van der Waals surface area (Å²) in [6, 6.07) is 2.15. The molecular weight excluding hydrogens is 200 g/mol. The summed E-state index contributed by atoms with van der Waals surface area (Å²) in [4.78, 5) is 0. The molecule has 2 aromatic rings. The van der Waals surface area contributed by atoms with Gasteiger partial charge < -0.3 is 9.88 Å². The predicted octanol–water partition coefficient (Wildman–Crippen LogP) is 1.38. The molecule has 0 fully saturated rings. The van der Waals surface area contributed by atoms with Gasteiger partial charge in [0.2, 0.25) is 0 Å². The second kappa shape index (κ2) is 4.99. The Morgan fingerprint density at radius 2 is 2.19 bits per heavy atom. The lowest BCUT2D eigenvalue weighted by molar-refractivity contribution is 0.721. The average molecular weight is 218 g/mol. The molecule has 2 rings (SSSR count). The van der Waals surface area contributed by atoms with Gasteiger partial charge in [0.05, 0.1) is 12.7 Å². The molecule has 0 saturated heterocycles. The molecule has 86 valence electrons. The molecule has 0 amide bonds. The van der Waals surface area contributed by atoms with E-state index in [4.69, 9.17) is 0 Å². The van der Waals surface area contributed by atoms with Crippen LogP contribution in [0, 0.1) is 0 Å². The Morgan fingerprint density at radius 3 is 2.88 bits per heavy atom. The first-order chi connectivity index (χ1) is 7.78. The van der Waals surface area contributed by atoms with E-state index >= 15 is 0 Å². The number of nitrogens with one attached hydrogen (secondary N) is 1. The Balaban J connectivity index is 1.97. The Bertz CT molecular complexity index is 441. The molecule has 0 aromatic carbocycles. The predicted molar refractivity (Wildman–Crippen MR) is 64.1 cm³/mol. The van der Waals surface area contributed by atoms with Gasteiger partial charge in [-0.15, -0.1) is 0 Å². The summed E-state index contributed by atoms with van der Waals surface area (Å²) < 4.78 is 4.02. The summed E-state index contributed by atoms with van der Waals surface area (Å²) >= 11 is 0. The maximum absolute atomic E-state index is 4.16. The van der Waals surface area contributed by atoms with E-state index in [1.54, 1.807) is 0 Å². The summed E-state index contributed by atoms with van der Waals surface area (Å²) in [5.41, 5.74) is 2.55. The number of aromatic nitrogens is 3. The fraction of sp³-hybridized carbons (Fsp3) is 0.417. The zero-order chi connectivity index (χ0) is 11.4. The van der Waals surface area contributed by atoms with Crippen LogP contribution < -0.4 is 5.32 Å². The van der Waals surface area contributed by atoms with E-state index < -0.39 is 0 Å². The minimum Gasteiger partial charge on any atom is -0.349 e. The number of rotatable bonds is 5. The number of hydrogen-bond acceptors (Lipinski definition) is 2. The van der Waals surface area contributed by atoms with Crippen molar-refractivity contribution in [1.29, 1.82) is 0 Å². The van der Waals surface area contributed by atoms with Crippen LogP contribution in [0.5, 0.6) is 0 Å². The molecular formula is C12H18N4. The number of aryl methyl sites for hydroxylation is 1. The summed E-state index contributed by atoms with van der Waals surface area (Å²) in [5.74, 6) is 0. The van der Waals surface area contributed by atoms with E-state index in [2.05, 4.69) is 40.4 Å². The first-order valence-corrected chi connectivity index (χ1v) is 5.61. The van der Waals surface area contributed by atoms with Gasteiger partial charge >= 0.3 is 0 Å². The third-order valence-electron chi connectivity index (χ3n) is 2.51. The smallest absolute Gasteiger partial charge is 0.0539 e. The molecule has 0 aliphatic carbocycles.